The molecule has 1 heterocycles. The van der Waals surface area contributed by atoms with Crippen molar-refractivity contribution in [3.63, 3.8) is 0 Å². The molecule has 0 saturated carbocycles. The largest absolute Gasteiger partial charge is 0.313 e. The van der Waals surface area contributed by atoms with Crippen LogP contribution in [0.15, 0.2) is 29.6 Å². The van der Waals surface area contributed by atoms with Gasteiger partial charge in [-0.25, -0.2) is 0 Å². The fourth-order valence-electron chi connectivity index (χ4n) is 2.13. The minimum absolute atomic E-state index is 0.444. The third kappa shape index (κ3) is 2.86. The van der Waals surface area contributed by atoms with E-state index in [4.69, 9.17) is 0 Å². The topological polar surface area (TPSA) is 15.3 Å². The van der Waals surface area contributed by atoms with Gasteiger partial charge in [0, 0.05) is 10.7 Å². The predicted molar refractivity (Wildman–Crippen MR) is 76.8 cm³/mol. The fraction of sp³-hybridized carbons (Fsp3) is 0.429. The Balaban J connectivity index is 2.26. The van der Waals surface area contributed by atoms with Gasteiger partial charge in [-0.2, -0.15) is 0 Å². The summed E-state index contributed by atoms with van der Waals surface area (Å²) < 4.78 is 1.42. The van der Waals surface area contributed by atoms with Crippen molar-refractivity contribution in [3.05, 3.63) is 35.2 Å². The third-order valence-corrected chi connectivity index (χ3v) is 4.08. The van der Waals surface area contributed by atoms with Crippen LogP contribution in [-0.2, 0) is 0 Å². The molecule has 2 nitrogen and oxygen atoms in total. The van der Waals surface area contributed by atoms with Crippen LogP contribution in [0.5, 0.6) is 0 Å². The molecule has 0 bridgehead atoms. The van der Waals surface area contributed by atoms with E-state index in [0.29, 0.717) is 6.04 Å². The van der Waals surface area contributed by atoms with Crippen molar-refractivity contribution in [2.45, 2.75) is 12.5 Å². The molecule has 0 fully saturated rings. The lowest BCUT2D eigenvalue weighted by molar-refractivity contribution is 0.369. The average molecular weight is 248 g/mol. The van der Waals surface area contributed by atoms with E-state index in [1.807, 2.05) is 18.4 Å². The standard InChI is InChI=1S/C14H20N2S/c1-15-13(7-9-16(2)3)12-6-4-5-11-8-10-17-14(11)12/h4-6,8,10,13,15H,7,9H2,1-3H3. The van der Waals surface area contributed by atoms with Gasteiger partial charge in [0.1, 0.15) is 0 Å². The summed E-state index contributed by atoms with van der Waals surface area (Å²) in [5.74, 6) is 0. The molecule has 2 aromatic rings. The lowest BCUT2D eigenvalue weighted by atomic mass is 10.0. The van der Waals surface area contributed by atoms with Crippen molar-refractivity contribution in [2.24, 2.45) is 0 Å². The third-order valence-electron chi connectivity index (χ3n) is 3.10. The van der Waals surface area contributed by atoms with Gasteiger partial charge in [-0.3, -0.25) is 0 Å². The quantitative estimate of drug-likeness (QED) is 0.874. The molecule has 92 valence electrons. The Morgan fingerprint density at radius 2 is 2.12 bits per heavy atom. The minimum Gasteiger partial charge on any atom is -0.313 e. The lowest BCUT2D eigenvalue weighted by Crippen LogP contribution is -2.22. The predicted octanol–water partition coefficient (Wildman–Crippen LogP) is 3.11. The number of benzene rings is 1. The number of fused-ring (bicyclic) bond motifs is 1. The zero-order valence-electron chi connectivity index (χ0n) is 10.7. The molecular formula is C14H20N2S. The molecule has 1 N–H and O–H groups in total. The molecular weight excluding hydrogens is 228 g/mol. The molecule has 0 radical (unpaired) electrons. The summed E-state index contributed by atoms with van der Waals surface area (Å²) in [6.45, 7) is 1.10. The van der Waals surface area contributed by atoms with Crippen molar-refractivity contribution >= 4 is 21.4 Å². The highest BCUT2D eigenvalue weighted by Crippen LogP contribution is 2.30. The average Bonchev–Trinajstić information content (AvgIpc) is 2.78. The Hall–Kier alpha value is -0.900. The van der Waals surface area contributed by atoms with Gasteiger partial charge in [0.2, 0.25) is 0 Å². The summed E-state index contributed by atoms with van der Waals surface area (Å²) in [5.41, 5.74) is 1.43. The van der Waals surface area contributed by atoms with Crippen molar-refractivity contribution in [2.75, 3.05) is 27.7 Å². The van der Waals surface area contributed by atoms with Gasteiger partial charge in [0.05, 0.1) is 0 Å². The molecule has 1 aromatic heterocycles. The first-order valence-corrected chi connectivity index (χ1v) is 6.88. The second kappa shape index (κ2) is 5.63. The molecule has 1 aromatic carbocycles. The van der Waals surface area contributed by atoms with E-state index in [-0.39, 0.29) is 0 Å². The van der Waals surface area contributed by atoms with Crippen LogP contribution < -0.4 is 5.32 Å². The first-order valence-electron chi connectivity index (χ1n) is 6.00. The van der Waals surface area contributed by atoms with E-state index in [9.17, 15) is 0 Å². The van der Waals surface area contributed by atoms with Crippen LogP contribution in [0.25, 0.3) is 10.1 Å². The van der Waals surface area contributed by atoms with E-state index in [1.165, 1.54) is 15.6 Å². The summed E-state index contributed by atoms with van der Waals surface area (Å²) >= 11 is 1.84. The molecule has 0 aliphatic carbocycles. The van der Waals surface area contributed by atoms with Crippen LogP contribution in [0, 0.1) is 0 Å². The number of thiophene rings is 1. The monoisotopic (exact) mass is 248 g/mol. The summed E-state index contributed by atoms with van der Waals surface area (Å²) in [7, 11) is 6.30. The summed E-state index contributed by atoms with van der Waals surface area (Å²) in [6.07, 6.45) is 1.14. The van der Waals surface area contributed by atoms with Crippen LogP contribution >= 0.6 is 11.3 Å². The van der Waals surface area contributed by atoms with E-state index in [0.717, 1.165) is 13.0 Å². The van der Waals surface area contributed by atoms with Gasteiger partial charge in [0.15, 0.2) is 0 Å². The molecule has 17 heavy (non-hydrogen) atoms. The molecule has 3 heteroatoms. The zero-order valence-corrected chi connectivity index (χ0v) is 11.6. The maximum Gasteiger partial charge on any atom is 0.0390 e. The van der Waals surface area contributed by atoms with Gasteiger partial charge in [-0.05, 0) is 56.5 Å². The SMILES string of the molecule is CNC(CCN(C)C)c1cccc2ccsc12. The Bertz CT molecular complexity index is 476. The Morgan fingerprint density at radius 1 is 1.29 bits per heavy atom. The fourth-order valence-corrected chi connectivity index (χ4v) is 3.10. The molecule has 2 rings (SSSR count). The van der Waals surface area contributed by atoms with Crippen LogP contribution in [0.3, 0.4) is 0 Å². The second-order valence-electron chi connectivity index (χ2n) is 4.62. The first-order chi connectivity index (χ1) is 8.22. The molecule has 0 amide bonds. The summed E-state index contributed by atoms with van der Waals surface area (Å²) in [5, 5.41) is 6.97. The van der Waals surface area contributed by atoms with Crippen molar-refractivity contribution in [3.8, 4) is 0 Å². The number of nitrogens with zero attached hydrogens (tertiary/aromatic N) is 1. The van der Waals surface area contributed by atoms with Crippen molar-refractivity contribution < 1.29 is 0 Å². The van der Waals surface area contributed by atoms with Crippen molar-refractivity contribution in [1.29, 1.82) is 0 Å². The van der Waals surface area contributed by atoms with E-state index >= 15 is 0 Å². The Labute approximate surface area is 107 Å². The second-order valence-corrected chi connectivity index (χ2v) is 5.54. The maximum atomic E-state index is 3.44. The molecule has 0 spiro atoms. The lowest BCUT2D eigenvalue weighted by Gasteiger charge is -2.19. The smallest absolute Gasteiger partial charge is 0.0390 e. The van der Waals surface area contributed by atoms with E-state index < -0.39 is 0 Å². The maximum absolute atomic E-state index is 3.44. The minimum atomic E-state index is 0.444. The van der Waals surface area contributed by atoms with Crippen molar-refractivity contribution in [1.82, 2.24) is 10.2 Å². The highest BCUT2D eigenvalue weighted by atomic mass is 32.1. The summed E-state index contributed by atoms with van der Waals surface area (Å²) in [4.78, 5) is 2.24. The normalized spacial score (nSPS) is 13.4. The number of hydrogen-bond donors (Lipinski definition) is 1. The number of hydrogen-bond acceptors (Lipinski definition) is 3. The molecule has 0 saturated heterocycles. The number of nitrogens with one attached hydrogen (secondary N) is 1. The molecule has 1 unspecified atom stereocenters. The molecule has 0 aliphatic rings. The first kappa shape index (κ1) is 12.6. The van der Waals surface area contributed by atoms with Crippen LogP contribution in [-0.4, -0.2) is 32.6 Å². The van der Waals surface area contributed by atoms with Crippen LogP contribution in [0.1, 0.15) is 18.0 Å². The highest BCUT2D eigenvalue weighted by Gasteiger charge is 2.13. The zero-order chi connectivity index (χ0) is 12.3. The Morgan fingerprint density at radius 3 is 2.82 bits per heavy atom. The molecule has 1 atom stereocenters. The van der Waals surface area contributed by atoms with Gasteiger partial charge < -0.3 is 10.2 Å². The van der Waals surface area contributed by atoms with Gasteiger partial charge in [-0.1, -0.05) is 18.2 Å². The van der Waals surface area contributed by atoms with Crippen LogP contribution in [0.4, 0.5) is 0 Å². The molecule has 0 aliphatic heterocycles. The van der Waals surface area contributed by atoms with Gasteiger partial charge in [0.25, 0.3) is 0 Å². The Kier molecular flexibility index (Phi) is 4.15. The number of rotatable bonds is 5. The van der Waals surface area contributed by atoms with E-state index in [1.54, 1.807) is 0 Å². The van der Waals surface area contributed by atoms with Gasteiger partial charge >= 0.3 is 0 Å². The van der Waals surface area contributed by atoms with Crippen LogP contribution in [0.2, 0.25) is 0 Å². The van der Waals surface area contributed by atoms with E-state index in [2.05, 4.69) is 54.0 Å². The van der Waals surface area contributed by atoms with Gasteiger partial charge in [-0.15, -0.1) is 11.3 Å². The summed E-state index contributed by atoms with van der Waals surface area (Å²) in [6, 6.07) is 9.23. The highest BCUT2D eigenvalue weighted by molar-refractivity contribution is 7.17.